The number of aliphatic imine (C=N–C) groups is 1. The lowest BCUT2D eigenvalue weighted by Gasteiger charge is -2.01. The molecule has 0 radical (unpaired) electrons. The number of hydrogen-bond donors (Lipinski definition) is 0. The van der Waals surface area contributed by atoms with Gasteiger partial charge in [0, 0.05) is 6.21 Å². The molecule has 1 nitrogen and oxygen atoms in total. The van der Waals surface area contributed by atoms with Gasteiger partial charge in [-0.3, -0.25) is 4.99 Å². The Bertz CT molecular complexity index is 199. The molecular weight excluding hydrogens is 146 g/mol. The Balaban J connectivity index is 2.44. The van der Waals surface area contributed by atoms with E-state index >= 15 is 0 Å². The molecule has 0 aromatic heterocycles. The SMILES string of the molecule is CCCCC1=CCC=CCN=C1. The molecule has 0 N–H and O–H groups in total. The maximum Gasteiger partial charge on any atom is 0.0570 e. The maximum absolute atomic E-state index is 4.29. The first-order chi connectivity index (χ1) is 5.93. The summed E-state index contributed by atoms with van der Waals surface area (Å²) in [6, 6.07) is 0. The van der Waals surface area contributed by atoms with Crippen molar-refractivity contribution in [3.05, 3.63) is 23.8 Å². The molecule has 1 aliphatic heterocycles. The topological polar surface area (TPSA) is 12.4 Å². The van der Waals surface area contributed by atoms with Crippen LogP contribution in [0, 0.1) is 0 Å². The van der Waals surface area contributed by atoms with Crippen molar-refractivity contribution in [3.8, 4) is 0 Å². The molecule has 0 spiro atoms. The van der Waals surface area contributed by atoms with Crippen LogP contribution in [0.25, 0.3) is 0 Å². The van der Waals surface area contributed by atoms with Crippen LogP contribution in [-0.2, 0) is 0 Å². The predicted molar refractivity (Wildman–Crippen MR) is 54.7 cm³/mol. The quantitative estimate of drug-likeness (QED) is 0.567. The molecular formula is C11H17N. The lowest BCUT2D eigenvalue weighted by Crippen LogP contribution is -1.89. The van der Waals surface area contributed by atoms with Crippen molar-refractivity contribution in [2.45, 2.75) is 32.6 Å². The fourth-order valence-corrected chi connectivity index (χ4v) is 1.22. The van der Waals surface area contributed by atoms with Gasteiger partial charge in [-0.05, 0) is 24.8 Å². The zero-order chi connectivity index (χ0) is 8.65. The first kappa shape index (κ1) is 9.24. The van der Waals surface area contributed by atoms with E-state index in [0.29, 0.717) is 0 Å². The molecule has 0 unspecified atom stereocenters. The lowest BCUT2D eigenvalue weighted by molar-refractivity contribution is 0.802. The molecule has 0 aliphatic carbocycles. The zero-order valence-corrected chi connectivity index (χ0v) is 7.79. The molecule has 1 rings (SSSR count). The highest BCUT2D eigenvalue weighted by Crippen LogP contribution is 2.07. The minimum Gasteiger partial charge on any atom is -0.289 e. The third-order valence-electron chi connectivity index (χ3n) is 1.97. The average Bonchev–Trinajstić information content (AvgIpc) is 2.02. The van der Waals surface area contributed by atoms with Crippen LogP contribution in [0.15, 0.2) is 28.8 Å². The van der Waals surface area contributed by atoms with Gasteiger partial charge in [-0.15, -0.1) is 0 Å². The van der Waals surface area contributed by atoms with Crippen molar-refractivity contribution in [2.24, 2.45) is 4.99 Å². The second kappa shape index (κ2) is 5.76. The molecule has 0 fully saturated rings. The normalized spacial score (nSPS) is 16.9. The van der Waals surface area contributed by atoms with Gasteiger partial charge in [-0.2, -0.15) is 0 Å². The molecule has 0 amide bonds. The molecule has 0 bridgehead atoms. The largest absolute Gasteiger partial charge is 0.289 e. The first-order valence-electron chi connectivity index (χ1n) is 4.77. The number of rotatable bonds is 3. The van der Waals surface area contributed by atoms with E-state index in [2.05, 4.69) is 30.1 Å². The van der Waals surface area contributed by atoms with Crippen molar-refractivity contribution >= 4 is 6.21 Å². The van der Waals surface area contributed by atoms with E-state index in [1.807, 2.05) is 6.21 Å². The second-order valence-electron chi connectivity index (χ2n) is 3.08. The first-order valence-corrected chi connectivity index (χ1v) is 4.77. The summed E-state index contributed by atoms with van der Waals surface area (Å²) in [5, 5.41) is 0. The minimum absolute atomic E-state index is 0.851. The summed E-state index contributed by atoms with van der Waals surface area (Å²) in [6.45, 7) is 3.07. The Morgan fingerprint density at radius 1 is 1.42 bits per heavy atom. The monoisotopic (exact) mass is 163 g/mol. The highest BCUT2D eigenvalue weighted by molar-refractivity contribution is 5.78. The van der Waals surface area contributed by atoms with Gasteiger partial charge in [0.1, 0.15) is 0 Å². The van der Waals surface area contributed by atoms with E-state index in [1.54, 1.807) is 0 Å². The van der Waals surface area contributed by atoms with Crippen molar-refractivity contribution in [1.29, 1.82) is 0 Å². The van der Waals surface area contributed by atoms with E-state index in [9.17, 15) is 0 Å². The molecule has 0 saturated heterocycles. The van der Waals surface area contributed by atoms with Gasteiger partial charge in [0.25, 0.3) is 0 Å². The van der Waals surface area contributed by atoms with Crippen LogP contribution >= 0.6 is 0 Å². The summed E-state index contributed by atoms with van der Waals surface area (Å²) in [7, 11) is 0. The van der Waals surface area contributed by atoms with Gasteiger partial charge in [-0.25, -0.2) is 0 Å². The minimum atomic E-state index is 0.851. The zero-order valence-electron chi connectivity index (χ0n) is 7.79. The van der Waals surface area contributed by atoms with Gasteiger partial charge in [0.2, 0.25) is 0 Å². The molecule has 0 atom stereocenters. The molecule has 0 aromatic carbocycles. The van der Waals surface area contributed by atoms with Gasteiger partial charge in [-0.1, -0.05) is 31.6 Å². The third-order valence-corrected chi connectivity index (χ3v) is 1.97. The van der Waals surface area contributed by atoms with Crippen LogP contribution in [0.5, 0.6) is 0 Å². The van der Waals surface area contributed by atoms with Crippen LogP contribution in [0.1, 0.15) is 32.6 Å². The van der Waals surface area contributed by atoms with Crippen LogP contribution < -0.4 is 0 Å². The second-order valence-corrected chi connectivity index (χ2v) is 3.08. The van der Waals surface area contributed by atoms with E-state index in [0.717, 1.165) is 13.0 Å². The number of allylic oxidation sites excluding steroid dienone is 3. The highest BCUT2D eigenvalue weighted by atomic mass is 14.7. The fourth-order valence-electron chi connectivity index (χ4n) is 1.22. The molecule has 0 aromatic rings. The summed E-state index contributed by atoms with van der Waals surface area (Å²) < 4.78 is 0. The van der Waals surface area contributed by atoms with Crippen molar-refractivity contribution in [1.82, 2.24) is 0 Å². The van der Waals surface area contributed by atoms with Gasteiger partial charge in [0.15, 0.2) is 0 Å². The van der Waals surface area contributed by atoms with Gasteiger partial charge < -0.3 is 0 Å². The summed E-state index contributed by atoms with van der Waals surface area (Å²) in [5.74, 6) is 0. The summed E-state index contributed by atoms with van der Waals surface area (Å²) in [6.07, 6.45) is 13.4. The Kier molecular flexibility index (Phi) is 4.43. The molecule has 66 valence electrons. The molecule has 12 heavy (non-hydrogen) atoms. The number of nitrogens with zero attached hydrogens (tertiary/aromatic N) is 1. The van der Waals surface area contributed by atoms with Crippen LogP contribution in [-0.4, -0.2) is 12.8 Å². The molecule has 1 heteroatoms. The average molecular weight is 163 g/mol. The molecule has 0 saturated carbocycles. The Hall–Kier alpha value is -0.850. The summed E-state index contributed by atoms with van der Waals surface area (Å²) in [5.41, 5.74) is 1.40. The van der Waals surface area contributed by atoms with Gasteiger partial charge >= 0.3 is 0 Å². The standard InChI is InChI=1S/C11H17N/c1-2-3-7-11-8-5-4-6-9-12-10-11/h4,6,8,10H,2-3,5,7,9H2,1H3. The van der Waals surface area contributed by atoms with Crippen LogP contribution in [0.4, 0.5) is 0 Å². The van der Waals surface area contributed by atoms with Gasteiger partial charge in [0.05, 0.1) is 6.54 Å². The highest BCUT2D eigenvalue weighted by Gasteiger charge is 1.93. The van der Waals surface area contributed by atoms with E-state index in [4.69, 9.17) is 0 Å². The number of hydrogen-bond acceptors (Lipinski definition) is 1. The molecule has 1 aliphatic rings. The van der Waals surface area contributed by atoms with E-state index < -0.39 is 0 Å². The van der Waals surface area contributed by atoms with Crippen molar-refractivity contribution < 1.29 is 0 Å². The van der Waals surface area contributed by atoms with Crippen molar-refractivity contribution in [2.75, 3.05) is 6.54 Å². The Morgan fingerprint density at radius 3 is 3.17 bits per heavy atom. The fraction of sp³-hybridized carbons (Fsp3) is 0.545. The van der Waals surface area contributed by atoms with Crippen LogP contribution in [0.3, 0.4) is 0 Å². The van der Waals surface area contributed by atoms with Crippen LogP contribution in [0.2, 0.25) is 0 Å². The third kappa shape index (κ3) is 3.51. The number of unbranched alkanes of at least 4 members (excludes halogenated alkanes) is 1. The van der Waals surface area contributed by atoms with E-state index in [-0.39, 0.29) is 0 Å². The lowest BCUT2D eigenvalue weighted by atomic mass is 10.1. The summed E-state index contributed by atoms with van der Waals surface area (Å²) >= 11 is 0. The summed E-state index contributed by atoms with van der Waals surface area (Å²) in [4.78, 5) is 4.29. The van der Waals surface area contributed by atoms with E-state index in [1.165, 1.54) is 24.8 Å². The smallest absolute Gasteiger partial charge is 0.0570 e. The Morgan fingerprint density at radius 2 is 2.33 bits per heavy atom. The Labute approximate surface area is 74.9 Å². The maximum atomic E-state index is 4.29. The van der Waals surface area contributed by atoms with Crippen molar-refractivity contribution in [3.63, 3.8) is 0 Å². The predicted octanol–water partition coefficient (Wildman–Crippen LogP) is 3.13. The molecule has 1 heterocycles.